The van der Waals surface area contributed by atoms with Gasteiger partial charge >= 0.3 is 0 Å². The van der Waals surface area contributed by atoms with Gasteiger partial charge in [-0.15, -0.1) is 0 Å². The lowest BCUT2D eigenvalue weighted by atomic mass is 10.0. The van der Waals surface area contributed by atoms with Gasteiger partial charge in [0.25, 0.3) is 0 Å². The van der Waals surface area contributed by atoms with Crippen molar-refractivity contribution >= 4 is 0 Å². The Balaban J connectivity index is 1.93. The summed E-state index contributed by atoms with van der Waals surface area (Å²) in [6.07, 6.45) is 5.19. The van der Waals surface area contributed by atoms with Crippen LogP contribution in [-0.4, -0.2) is 39.0 Å². The van der Waals surface area contributed by atoms with E-state index in [1.807, 2.05) is 11.7 Å². The van der Waals surface area contributed by atoms with Crippen LogP contribution in [0, 0.1) is 0 Å². The molecule has 1 saturated carbocycles. The summed E-state index contributed by atoms with van der Waals surface area (Å²) in [6.45, 7) is 3.74. The van der Waals surface area contributed by atoms with Crippen molar-refractivity contribution in [2.75, 3.05) is 13.6 Å². The molecule has 1 N–H and O–H groups in total. The molecule has 0 unspecified atom stereocenters. The standard InChI is InChI=1S/C14H25N3O/c1-4-12-9-13(17(3)15-12)10-16(2)11-14(18)7-5-6-8-14/h9,18H,4-8,10-11H2,1-3H3. The summed E-state index contributed by atoms with van der Waals surface area (Å²) in [6, 6.07) is 2.16. The van der Waals surface area contributed by atoms with E-state index in [9.17, 15) is 5.11 Å². The Bertz CT molecular complexity index is 394. The molecule has 0 saturated heterocycles. The maximum atomic E-state index is 10.4. The third-order valence-electron chi connectivity index (χ3n) is 3.92. The van der Waals surface area contributed by atoms with Gasteiger partial charge in [0.05, 0.1) is 17.0 Å². The molecule has 1 aliphatic rings. The van der Waals surface area contributed by atoms with Crippen LogP contribution in [0.15, 0.2) is 6.07 Å². The molecule has 4 heteroatoms. The predicted molar refractivity (Wildman–Crippen MR) is 72.3 cm³/mol. The molecule has 0 bridgehead atoms. The molecule has 0 aliphatic heterocycles. The normalized spacial score (nSPS) is 18.7. The highest BCUT2D eigenvalue weighted by Gasteiger charge is 2.32. The molecule has 102 valence electrons. The van der Waals surface area contributed by atoms with Crippen LogP contribution < -0.4 is 0 Å². The third-order valence-corrected chi connectivity index (χ3v) is 3.92. The number of nitrogens with zero attached hydrogens (tertiary/aromatic N) is 3. The van der Waals surface area contributed by atoms with E-state index in [0.29, 0.717) is 0 Å². The number of aromatic nitrogens is 2. The van der Waals surface area contributed by atoms with Gasteiger partial charge in [0.2, 0.25) is 0 Å². The molecule has 0 amide bonds. The van der Waals surface area contributed by atoms with E-state index < -0.39 is 5.60 Å². The van der Waals surface area contributed by atoms with Gasteiger partial charge in [-0.05, 0) is 32.4 Å². The molecule has 2 rings (SSSR count). The summed E-state index contributed by atoms with van der Waals surface area (Å²) >= 11 is 0. The molecule has 0 atom stereocenters. The van der Waals surface area contributed by atoms with Crippen LogP contribution in [0.1, 0.15) is 44.0 Å². The monoisotopic (exact) mass is 251 g/mol. The van der Waals surface area contributed by atoms with Gasteiger partial charge in [0, 0.05) is 20.1 Å². The van der Waals surface area contributed by atoms with Crippen molar-refractivity contribution in [1.29, 1.82) is 0 Å². The van der Waals surface area contributed by atoms with Crippen LogP contribution in [-0.2, 0) is 20.0 Å². The zero-order chi connectivity index (χ0) is 13.2. The Hall–Kier alpha value is -0.870. The zero-order valence-corrected chi connectivity index (χ0v) is 11.8. The fraction of sp³-hybridized carbons (Fsp3) is 0.786. The molecule has 4 nitrogen and oxygen atoms in total. The Morgan fingerprint density at radius 1 is 1.44 bits per heavy atom. The van der Waals surface area contributed by atoms with Crippen molar-refractivity contribution in [3.8, 4) is 0 Å². The second kappa shape index (κ2) is 5.41. The fourth-order valence-corrected chi connectivity index (χ4v) is 2.92. The van der Waals surface area contributed by atoms with Crippen LogP contribution in [0.25, 0.3) is 0 Å². The number of likely N-dealkylation sites (N-methyl/N-ethyl adjacent to an activating group) is 1. The number of hydrogen-bond acceptors (Lipinski definition) is 3. The van der Waals surface area contributed by atoms with E-state index >= 15 is 0 Å². The first kappa shape index (κ1) is 13.6. The summed E-state index contributed by atoms with van der Waals surface area (Å²) < 4.78 is 1.95. The molecular formula is C14H25N3O. The average molecular weight is 251 g/mol. The van der Waals surface area contributed by atoms with Gasteiger partial charge in [0.15, 0.2) is 0 Å². The molecule has 18 heavy (non-hydrogen) atoms. The summed E-state index contributed by atoms with van der Waals surface area (Å²) in [5, 5.41) is 14.9. The Morgan fingerprint density at radius 2 is 2.11 bits per heavy atom. The number of aryl methyl sites for hydroxylation is 2. The maximum absolute atomic E-state index is 10.4. The SMILES string of the molecule is CCc1cc(CN(C)CC2(O)CCCC2)n(C)n1. The van der Waals surface area contributed by atoms with Gasteiger partial charge in [-0.1, -0.05) is 19.8 Å². The first-order chi connectivity index (χ1) is 8.52. The van der Waals surface area contributed by atoms with E-state index in [4.69, 9.17) is 0 Å². The van der Waals surface area contributed by atoms with Crippen LogP contribution in [0.3, 0.4) is 0 Å². The minimum absolute atomic E-state index is 0.457. The van der Waals surface area contributed by atoms with Crippen molar-refractivity contribution in [2.24, 2.45) is 7.05 Å². The van der Waals surface area contributed by atoms with Gasteiger partial charge in [0.1, 0.15) is 0 Å². The molecule has 0 radical (unpaired) electrons. The Morgan fingerprint density at radius 3 is 2.67 bits per heavy atom. The molecule has 1 fully saturated rings. The summed E-state index contributed by atoms with van der Waals surface area (Å²) in [4.78, 5) is 2.21. The van der Waals surface area contributed by atoms with E-state index in [2.05, 4.69) is 30.0 Å². The fourth-order valence-electron chi connectivity index (χ4n) is 2.92. The number of rotatable bonds is 5. The van der Waals surface area contributed by atoms with Crippen LogP contribution in [0.5, 0.6) is 0 Å². The topological polar surface area (TPSA) is 41.3 Å². The zero-order valence-electron chi connectivity index (χ0n) is 11.8. The van der Waals surface area contributed by atoms with E-state index in [1.54, 1.807) is 0 Å². The Labute approximate surface area is 110 Å². The first-order valence-corrected chi connectivity index (χ1v) is 6.95. The molecule has 0 aromatic carbocycles. The highest BCUT2D eigenvalue weighted by molar-refractivity contribution is 5.10. The third kappa shape index (κ3) is 3.12. The van der Waals surface area contributed by atoms with Crippen molar-refractivity contribution < 1.29 is 5.11 Å². The summed E-state index contributed by atoms with van der Waals surface area (Å²) in [5.74, 6) is 0. The highest BCUT2D eigenvalue weighted by atomic mass is 16.3. The minimum atomic E-state index is -0.457. The van der Waals surface area contributed by atoms with E-state index in [0.717, 1.165) is 50.9 Å². The largest absolute Gasteiger partial charge is 0.389 e. The number of hydrogen-bond donors (Lipinski definition) is 1. The van der Waals surface area contributed by atoms with Crippen molar-refractivity contribution in [3.05, 3.63) is 17.5 Å². The van der Waals surface area contributed by atoms with Crippen LogP contribution in [0.4, 0.5) is 0 Å². The molecule has 1 aromatic heterocycles. The molecule has 1 heterocycles. The van der Waals surface area contributed by atoms with Crippen LogP contribution >= 0.6 is 0 Å². The van der Waals surface area contributed by atoms with E-state index in [-0.39, 0.29) is 0 Å². The predicted octanol–water partition coefficient (Wildman–Crippen LogP) is 1.72. The quantitative estimate of drug-likeness (QED) is 0.866. The van der Waals surface area contributed by atoms with Gasteiger partial charge in [-0.3, -0.25) is 9.58 Å². The lowest BCUT2D eigenvalue weighted by Gasteiger charge is -2.28. The summed E-state index contributed by atoms with van der Waals surface area (Å²) in [7, 11) is 4.07. The summed E-state index contributed by atoms with van der Waals surface area (Å²) in [5.41, 5.74) is 1.90. The molecular weight excluding hydrogens is 226 g/mol. The van der Waals surface area contributed by atoms with Crippen molar-refractivity contribution in [1.82, 2.24) is 14.7 Å². The first-order valence-electron chi connectivity index (χ1n) is 6.95. The maximum Gasteiger partial charge on any atom is 0.0774 e. The second-order valence-corrected chi connectivity index (χ2v) is 5.71. The van der Waals surface area contributed by atoms with Gasteiger partial charge in [-0.25, -0.2) is 0 Å². The van der Waals surface area contributed by atoms with Gasteiger partial charge < -0.3 is 5.11 Å². The lowest BCUT2D eigenvalue weighted by Crippen LogP contribution is -2.39. The second-order valence-electron chi connectivity index (χ2n) is 5.71. The Kier molecular flexibility index (Phi) is 4.07. The molecule has 1 aromatic rings. The minimum Gasteiger partial charge on any atom is -0.389 e. The molecule has 0 spiro atoms. The average Bonchev–Trinajstić information content (AvgIpc) is 2.86. The smallest absolute Gasteiger partial charge is 0.0774 e. The van der Waals surface area contributed by atoms with Crippen molar-refractivity contribution in [2.45, 2.75) is 51.2 Å². The van der Waals surface area contributed by atoms with Crippen molar-refractivity contribution in [3.63, 3.8) is 0 Å². The lowest BCUT2D eigenvalue weighted by molar-refractivity contribution is 0.0140. The van der Waals surface area contributed by atoms with Gasteiger partial charge in [-0.2, -0.15) is 5.10 Å². The number of aliphatic hydroxyl groups is 1. The molecule has 1 aliphatic carbocycles. The van der Waals surface area contributed by atoms with Crippen LogP contribution in [0.2, 0.25) is 0 Å². The van der Waals surface area contributed by atoms with E-state index in [1.165, 1.54) is 5.69 Å². The highest BCUT2D eigenvalue weighted by Crippen LogP contribution is 2.30.